The van der Waals surface area contributed by atoms with Gasteiger partial charge in [-0.05, 0) is 13.0 Å². The molecule has 1 N–H and O–H groups in total. The molecule has 0 fully saturated rings. The fourth-order valence-electron chi connectivity index (χ4n) is 0.741. The molecule has 0 aliphatic rings. The van der Waals surface area contributed by atoms with Crippen LogP contribution >= 0.6 is 0 Å². The lowest BCUT2D eigenvalue weighted by molar-refractivity contribution is 0.194. The molecule has 0 unspecified atom stereocenters. The van der Waals surface area contributed by atoms with Crippen LogP contribution < -0.4 is 0 Å². The van der Waals surface area contributed by atoms with Gasteiger partial charge in [0, 0.05) is 18.3 Å². The normalized spacial score (nSPS) is 13.0. The van der Waals surface area contributed by atoms with Crippen molar-refractivity contribution in [3.05, 3.63) is 24.3 Å². The van der Waals surface area contributed by atoms with E-state index in [0.29, 0.717) is 6.42 Å². The number of nitrogens with zero attached hydrogens (tertiary/aromatic N) is 2. The third kappa shape index (κ3) is 2.11. The molecule has 3 nitrogen and oxygen atoms in total. The van der Waals surface area contributed by atoms with E-state index in [9.17, 15) is 0 Å². The van der Waals surface area contributed by atoms with Gasteiger partial charge in [-0.25, -0.2) is 9.97 Å². The molecule has 10 heavy (non-hydrogen) atoms. The number of aromatic nitrogens is 2. The summed E-state index contributed by atoms with van der Waals surface area (Å²) in [5.41, 5.74) is 0.880. The molecule has 0 aliphatic heterocycles. The van der Waals surface area contributed by atoms with Gasteiger partial charge < -0.3 is 5.11 Å². The fourth-order valence-corrected chi connectivity index (χ4v) is 0.741. The minimum absolute atomic E-state index is 0.324. The molecule has 1 aromatic heterocycles. The Balaban J connectivity index is 2.59. The van der Waals surface area contributed by atoms with Crippen molar-refractivity contribution in [3.8, 4) is 0 Å². The van der Waals surface area contributed by atoms with Gasteiger partial charge in [0.25, 0.3) is 0 Å². The summed E-state index contributed by atoms with van der Waals surface area (Å²) in [5, 5.41) is 8.95. The van der Waals surface area contributed by atoms with Crippen LogP contribution in [0.15, 0.2) is 18.6 Å². The lowest BCUT2D eigenvalue weighted by Crippen LogP contribution is -2.05. The Morgan fingerprint density at radius 3 is 3.00 bits per heavy atom. The van der Waals surface area contributed by atoms with E-state index in [1.165, 1.54) is 6.33 Å². The van der Waals surface area contributed by atoms with Gasteiger partial charge in [-0.2, -0.15) is 0 Å². The van der Waals surface area contributed by atoms with Crippen molar-refractivity contribution < 1.29 is 5.11 Å². The Morgan fingerprint density at radius 2 is 2.50 bits per heavy atom. The van der Waals surface area contributed by atoms with E-state index >= 15 is 0 Å². The van der Waals surface area contributed by atoms with Gasteiger partial charge in [-0.15, -0.1) is 0 Å². The summed E-state index contributed by atoms with van der Waals surface area (Å²) in [6, 6.07) is 1.80. The van der Waals surface area contributed by atoms with Crippen LogP contribution in [-0.4, -0.2) is 21.2 Å². The van der Waals surface area contributed by atoms with Crippen LogP contribution in [0, 0.1) is 0 Å². The average Bonchev–Trinajstić information content (AvgIpc) is 1.88. The minimum Gasteiger partial charge on any atom is -0.393 e. The van der Waals surface area contributed by atoms with E-state index in [1.807, 2.05) is 0 Å². The SMILES string of the molecule is C[C@@H](O)Cc1ccncn1. The summed E-state index contributed by atoms with van der Waals surface area (Å²) in [6.07, 6.45) is 3.43. The van der Waals surface area contributed by atoms with Crippen LogP contribution in [0.25, 0.3) is 0 Å². The molecule has 0 saturated heterocycles. The van der Waals surface area contributed by atoms with Crippen LogP contribution in [-0.2, 0) is 6.42 Å². The van der Waals surface area contributed by atoms with E-state index in [2.05, 4.69) is 9.97 Å². The maximum atomic E-state index is 8.95. The third-order valence-electron chi connectivity index (χ3n) is 1.15. The second-order valence-corrected chi connectivity index (χ2v) is 2.25. The second-order valence-electron chi connectivity index (χ2n) is 2.25. The number of hydrogen-bond donors (Lipinski definition) is 1. The summed E-state index contributed by atoms with van der Waals surface area (Å²) < 4.78 is 0. The topological polar surface area (TPSA) is 46.0 Å². The molecule has 0 aliphatic carbocycles. The molecule has 1 atom stereocenters. The lowest BCUT2D eigenvalue weighted by atomic mass is 10.2. The number of rotatable bonds is 2. The highest BCUT2D eigenvalue weighted by atomic mass is 16.3. The number of hydrogen-bond acceptors (Lipinski definition) is 3. The first-order chi connectivity index (χ1) is 4.79. The largest absolute Gasteiger partial charge is 0.393 e. The molecule has 1 aromatic rings. The third-order valence-corrected chi connectivity index (χ3v) is 1.15. The molecule has 0 saturated carbocycles. The quantitative estimate of drug-likeness (QED) is 0.643. The van der Waals surface area contributed by atoms with E-state index in [0.717, 1.165) is 5.69 Å². The molecule has 0 spiro atoms. The van der Waals surface area contributed by atoms with Crippen LogP contribution in [0.1, 0.15) is 12.6 Å². The summed E-state index contributed by atoms with van der Waals surface area (Å²) in [6.45, 7) is 1.74. The Labute approximate surface area is 59.8 Å². The van der Waals surface area contributed by atoms with Crippen molar-refractivity contribution in [2.75, 3.05) is 0 Å². The van der Waals surface area contributed by atoms with Gasteiger partial charge >= 0.3 is 0 Å². The average molecular weight is 138 g/mol. The van der Waals surface area contributed by atoms with Gasteiger partial charge in [0.1, 0.15) is 6.33 Å². The molecule has 3 heteroatoms. The predicted molar refractivity (Wildman–Crippen MR) is 37.4 cm³/mol. The van der Waals surface area contributed by atoms with Crippen molar-refractivity contribution in [1.82, 2.24) is 9.97 Å². The Morgan fingerprint density at radius 1 is 1.70 bits per heavy atom. The van der Waals surface area contributed by atoms with Crippen molar-refractivity contribution in [3.63, 3.8) is 0 Å². The standard InChI is InChI=1S/C7H10N2O/c1-6(10)4-7-2-3-8-5-9-7/h2-3,5-6,10H,4H2,1H3/t6-/m1/s1. The number of aliphatic hydroxyl groups excluding tert-OH is 1. The van der Waals surface area contributed by atoms with E-state index in [-0.39, 0.29) is 6.10 Å². The molecule has 0 aromatic carbocycles. The Kier molecular flexibility index (Phi) is 2.34. The summed E-state index contributed by atoms with van der Waals surface area (Å²) in [4.78, 5) is 7.71. The van der Waals surface area contributed by atoms with Gasteiger partial charge in [0.05, 0.1) is 6.10 Å². The summed E-state index contributed by atoms with van der Waals surface area (Å²) in [7, 11) is 0. The Bertz CT molecular complexity index is 186. The molecule has 0 amide bonds. The van der Waals surface area contributed by atoms with Gasteiger partial charge in [-0.1, -0.05) is 0 Å². The van der Waals surface area contributed by atoms with Crippen LogP contribution in [0.5, 0.6) is 0 Å². The molecular weight excluding hydrogens is 128 g/mol. The zero-order chi connectivity index (χ0) is 7.40. The van der Waals surface area contributed by atoms with Crippen LogP contribution in [0.3, 0.4) is 0 Å². The highest BCUT2D eigenvalue weighted by Gasteiger charge is 1.97. The second kappa shape index (κ2) is 3.27. The fraction of sp³-hybridized carbons (Fsp3) is 0.429. The lowest BCUT2D eigenvalue weighted by Gasteiger charge is -2.00. The predicted octanol–water partition coefficient (Wildman–Crippen LogP) is 0.400. The molecule has 54 valence electrons. The van der Waals surface area contributed by atoms with Gasteiger partial charge in [0.15, 0.2) is 0 Å². The highest BCUT2D eigenvalue weighted by molar-refractivity contribution is 4.98. The molecular formula is C7H10N2O. The zero-order valence-corrected chi connectivity index (χ0v) is 5.86. The molecule has 1 rings (SSSR count). The first kappa shape index (κ1) is 7.15. The van der Waals surface area contributed by atoms with E-state index in [1.54, 1.807) is 19.2 Å². The van der Waals surface area contributed by atoms with E-state index < -0.39 is 0 Å². The first-order valence-corrected chi connectivity index (χ1v) is 3.22. The highest BCUT2D eigenvalue weighted by Crippen LogP contribution is 1.95. The maximum Gasteiger partial charge on any atom is 0.115 e. The van der Waals surface area contributed by atoms with Crippen molar-refractivity contribution in [1.29, 1.82) is 0 Å². The van der Waals surface area contributed by atoms with Crippen LogP contribution in [0.2, 0.25) is 0 Å². The van der Waals surface area contributed by atoms with Crippen LogP contribution in [0.4, 0.5) is 0 Å². The van der Waals surface area contributed by atoms with Crippen molar-refractivity contribution in [2.45, 2.75) is 19.4 Å². The maximum absolute atomic E-state index is 8.95. The first-order valence-electron chi connectivity index (χ1n) is 3.22. The number of aliphatic hydroxyl groups is 1. The van der Waals surface area contributed by atoms with Gasteiger partial charge in [-0.3, -0.25) is 0 Å². The zero-order valence-electron chi connectivity index (χ0n) is 5.86. The molecule has 1 heterocycles. The minimum atomic E-state index is -0.324. The molecule has 0 radical (unpaired) electrons. The van der Waals surface area contributed by atoms with Gasteiger partial charge in [0.2, 0.25) is 0 Å². The monoisotopic (exact) mass is 138 g/mol. The molecule has 0 bridgehead atoms. The smallest absolute Gasteiger partial charge is 0.115 e. The van der Waals surface area contributed by atoms with Crippen molar-refractivity contribution >= 4 is 0 Å². The summed E-state index contributed by atoms with van der Waals surface area (Å²) >= 11 is 0. The summed E-state index contributed by atoms with van der Waals surface area (Å²) in [5.74, 6) is 0. The van der Waals surface area contributed by atoms with Crippen molar-refractivity contribution in [2.24, 2.45) is 0 Å². The van der Waals surface area contributed by atoms with E-state index in [4.69, 9.17) is 5.11 Å². The Hall–Kier alpha value is -0.960.